The first-order chi connectivity index (χ1) is 9.78. The summed E-state index contributed by atoms with van der Waals surface area (Å²) in [5.74, 6) is 0.650. The summed E-state index contributed by atoms with van der Waals surface area (Å²) in [6.07, 6.45) is 3.63. The van der Waals surface area contributed by atoms with E-state index in [1.54, 1.807) is 0 Å². The lowest BCUT2D eigenvalue weighted by Gasteiger charge is -2.19. The van der Waals surface area contributed by atoms with E-state index in [9.17, 15) is 0 Å². The van der Waals surface area contributed by atoms with Gasteiger partial charge < -0.3 is 5.32 Å². The van der Waals surface area contributed by atoms with E-state index >= 15 is 0 Å². The standard InChI is InChI=1S/C19H23N/c1-3-14(2)15-6-8-16(9-7-15)17-10-11-19-18(13-17)5-4-12-20-19/h6-11,13-14,20H,3-5,12H2,1-2H3. The molecule has 1 aliphatic rings. The Balaban J connectivity index is 1.89. The largest absolute Gasteiger partial charge is 0.385 e. The van der Waals surface area contributed by atoms with Gasteiger partial charge in [0.05, 0.1) is 0 Å². The fraction of sp³-hybridized carbons (Fsp3) is 0.368. The highest BCUT2D eigenvalue weighted by atomic mass is 14.9. The third-order valence-electron chi connectivity index (χ3n) is 4.47. The zero-order valence-corrected chi connectivity index (χ0v) is 12.4. The van der Waals surface area contributed by atoms with Crippen LogP contribution in [0.4, 0.5) is 5.69 Å². The summed E-state index contributed by atoms with van der Waals surface area (Å²) >= 11 is 0. The minimum Gasteiger partial charge on any atom is -0.385 e. The molecular weight excluding hydrogens is 242 g/mol. The molecule has 2 aromatic carbocycles. The lowest BCUT2D eigenvalue weighted by atomic mass is 9.94. The second kappa shape index (κ2) is 5.70. The Hall–Kier alpha value is -1.76. The van der Waals surface area contributed by atoms with Crippen LogP contribution in [0.5, 0.6) is 0 Å². The highest BCUT2D eigenvalue weighted by Crippen LogP contribution is 2.29. The molecule has 0 radical (unpaired) electrons. The molecule has 0 saturated heterocycles. The monoisotopic (exact) mass is 265 g/mol. The van der Waals surface area contributed by atoms with Crippen molar-refractivity contribution in [3.8, 4) is 11.1 Å². The van der Waals surface area contributed by atoms with Crippen LogP contribution >= 0.6 is 0 Å². The maximum absolute atomic E-state index is 3.47. The molecule has 0 aliphatic carbocycles. The van der Waals surface area contributed by atoms with Gasteiger partial charge in [-0.05, 0) is 59.6 Å². The summed E-state index contributed by atoms with van der Waals surface area (Å²) in [6.45, 7) is 5.64. The number of hydrogen-bond donors (Lipinski definition) is 1. The molecule has 0 amide bonds. The minimum absolute atomic E-state index is 0.650. The van der Waals surface area contributed by atoms with Gasteiger partial charge in [-0.2, -0.15) is 0 Å². The molecule has 1 atom stereocenters. The molecule has 0 fully saturated rings. The van der Waals surface area contributed by atoms with Crippen molar-refractivity contribution in [1.29, 1.82) is 0 Å². The Morgan fingerprint density at radius 1 is 1.05 bits per heavy atom. The second-order valence-electron chi connectivity index (χ2n) is 5.83. The summed E-state index contributed by atoms with van der Waals surface area (Å²) < 4.78 is 0. The van der Waals surface area contributed by atoms with E-state index in [2.05, 4.69) is 61.6 Å². The molecule has 0 spiro atoms. The van der Waals surface area contributed by atoms with Crippen molar-refractivity contribution in [3.05, 3.63) is 53.6 Å². The van der Waals surface area contributed by atoms with Gasteiger partial charge in [0, 0.05) is 12.2 Å². The molecule has 20 heavy (non-hydrogen) atoms. The van der Waals surface area contributed by atoms with E-state index in [-0.39, 0.29) is 0 Å². The molecule has 0 saturated carbocycles. The van der Waals surface area contributed by atoms with Crippen LogP contribution in [-0.2, 0) is 6.42 Å². The summed E-state index contributed by atoms with van der Waals surface area (Å²) in [4.78, 5) is 0. The van der Waals surface area contributed by atoms with Crippen LogP contribution in [0.25, 0.3) is 11.1 Å². The SMILES string of the molecule is CCC(C)c1ccc(-c2ccc3c(c2)CCCN3)cc1. The van der Waals surface area contributed by atoms with Crippen LogP contribution in [-0.4, -0.2) is 6.54 Å². The number of rotatable bonds is 3. The van der Waals surface area contributed by atoms with Crippen molar-refractivity contribution in [2.75, 3.05) is 11.9 Å². The number of fused-ring (bicyclic) bond motifs is 1. The van der Waals surface area contributed by atoms with Crippen LogP contribution in [0.2, 0.25) is 0 Å². The zero-order valence-electron chi connectivity index (χ0n) is 12.4. The van der Waals surface area contributed by atoms with Crippen LogP contribution in [0.3, 0.4) is 0 Å². The third-order valence-corrected chi connectivity index (χ3v) is 4.47. The van der Waals surface area contributed by atoms with Gasteiger partial charge in [-0.1, -0.05) is 44.2 Å². The zero-order chi connectivity index (χ0) is 13.9. The maximum Gasteiger partial charge on any atom is 0.0373 e. The molecule has 104 valence electrons. The minimum atomic E-state index is 0.650. The average Bonchev–Trinajstić information content (AvgIpc) is 2.54. The topological polar surface area (TPSA) is 12.0 Å². The van der Waals surface area contributed by atoms with E-state index in [1.807, 2.05) is 0 Å². The van der Waals surface area contributed by atoms with Crippen LogP contribution < -0.4 is 5.32 Å². The Bertz CT molecular complexity index is 583. The van der Waals surface area contributed by atoms with Crippen LogP contribution in [0, 0.1) is 0 Å². The first-order valence-electron chi connectivity index (χ1n) is 7.75. The van der Waals surface area contributed by atoms with E-state index in [0.29, 0.717) is 5.92 Å². The molecule has 1 heteroatoms. The molecule has 1 heterocycles. The van der Waals surface area contributed by atoms with Crippen molar-refractivity contribution in [1.82, 2.24) is 0 Å². The van der Waals surface area contributed by atoms with E-state index in [1.165, 1.54) is 47.2 Å². The number of benzene rings is 2. The fourth-order valence-electron chi connectivity index (χ4n) is 2.89. The lowest BCUT2D eigenvalue weighted by molar-refractivity contribution is 0.734. The van der Waals surface area contributed by atoms with Crippen molar-refractivity contribution >= 4 is 5.69 Å². The number of nitrogens with one attached hydrogen (secondary N) is 1. The predicted molar refractivity (Wildman–Crippen MR) is 87.4 cm³/mol. The van der Waals surface area contributed by atoms with Gasteiger partial charge in [-0.25, -0.2) is 0 Å². The summed E-state index contributed by atoms with van der Waals surface area (Å²) in [5, 5.41) is 3.47. The highest BCUT2D eigenvalue weighted by Gasteiger charge is 2.10. The van der Waals surface area contributed by atoms with E-state index in [0.717, 1.165) is 6.54 Å². The molecule has 1 aliphatic heterocycles. The Morgan fingerprint density at radius 2 is 1.80 bits per heavy atom. The van der Waals surface area contributed by atoms with E-state index in [4.69, 9.17) is 0 Å². The first-order valence-corrected chi connectivity index (χ1v) is 7.75. The van der Waals surface area contributed by atoms with Crippen molar-refractivity contribution < 1.29 is 0 Å². The van der Waals surface area contributed by atoms with E-state index < -0.39 is 0 Å². The average molecular weight is 265 g/mol. The van der Waals surface area contributed by atoms with Gasteiger partial charge >= 0.3 is 0 Å². The molecule has 0 bridgehead atoms. The van der Waals surface area contributed by atoms with Gasteiger partial charge in [0.15, 0.2) is 0 Å². The molecule has 1 N–H and O–H groups in total. The number of aryl methyl sites for hydroxylation is 1. The van der Waals surface area contributed by atoms with Crippen LogP contribution in [0.1, 0.15) is 43.7 Å². The lowest BCUT2D eigenvalue weighted by Crippen LogP contribution is -2.11. The number of anilines is 1. The van der Waals surface area contributed by atoms with Gasteiger partial charge in [-0.15, -0.1) is 0 Å². The van der Waals surface area contributed by atoms with Crippen molar-refractivity contribution in [2.45, 2.75) is 39.0 Å². The second-order valence-corrected chi connectivity index (χ2v) is 5.83. The quantitative estimate of drug-likeness (QED) is 0.801. The molecule has 0 aromatic heterocycles. The molecule has 2 aromatic rings. The summed E-state index contributed by atoms with van der Waals surface area (Å²) in [5.41, 5.74) is 6.88. The van der Waals surface area contributed by atoms with Crippen LogP contribution in [0.15, 0.2) is 42.5 Å². The number of hydrogen-bond acceptors (Lipinski definition) is 1. The normalized spacial score (nSPS) is 15.3. The fourth-order valence-corrected chi connectivity index (χ4v) is 2.89. The highest BCUT2D eigenvalue weighted by molar-refractivity contribution is 5.69. The third kappa shape index (κ3) is 2.58. The molecule has 1 unspecified atom stereocenters. The van der Waals surface area contributed by atoms with Gasteiger partial charge in [0.25, 0.3) is 0 Å². The van der Waals surface area contributed by atoms with Crippen molar-refractivity contribution in [2.24, 2.45) is 0 Å². The predicted octanol–water partition coefficient (Wildman–Crippen LogP) is 5.23. The summed E-state index contributed by atoms with van der Waals surface area (Å²) in [7, 11) is 0. The molecular formula is C19H23N. The van der Waals surface area contributed by atoms with Gasteiger partial charge in [0.1, 0.15) is 0 Å². The smallest absolute Gasteiger partial charge is 0.0373 e. The first kappa shape index (κ1) is 13.2. The maximum atomic E-state index is 3.47. The van der Waals surface area contributed by atoms with Gasteiger partial charge in [0.2, 0.25) is 0 Å². The Morgan fingerprint density at radius 3 is 2.55 bits per heavy atom. The Kier molecular flexibility index (Phi) is 3.77. The molecule has 1 nitrogen and oxygen atoms in total. The molecule has 3 rings (SSSR count). The summed E-state index contributed by atoms with van der Waals surface area (Å²) in [6, 6.07) is 15.9. The van der Waals surface area contributed by atoms with Crippen molar-refractivity contribution in [3.63, 3.8) is 0 Å². The van der Waals surface area contributed by atoms with Gasteiger partial charge in [-0.3, -0.25) is 0 Å². The Labute approximate surface area is 122 Å².